The number of thioether (sulfide) groups is 1. The molecule has 0 aliphatic carbocycles. The average molecular weight is 292 g/mol. The first-order valence-electron chi connectivity index (χ1n) is 5.10. The van der Waals surface area contributed by atoms with Crippen LogP contribution in [0.25, 0.3) is 0 Å². The fraction of sp³-hybridized carbons (Fsp3) is 0.400. The Kier molecular flexibility index (Phi) is 5.00. The van der Waals surface area contributed by atoms with E-state index in [-0.39, 0.29) is 22.9 Å². The van der Waals surface area contributed by atoms with Gasteiger partial charge >= 0.3 is 0 Å². The van der Waals surface area contributed by atoms with Crippen LogP contribution in [0.2, 0.25) is 0 Å². The van der Waals surface area contributed by atoms with Gasteiger partial charge < -0.3 is 15.9 Å². The van der Waals surface area contributed by atoms with Crippen LogP contribution in [-0.2, 0) is 10.0 Å². The molecule has 0 bridgehead atoms. The van der Waals surface area contributed by atoms with Gasteiger partial charge in [-0.3, -0.25) is 0 Å². The van der Waals surface area contributed by atoms with Gasteiger partial charge in [-0.2, -0.15) is 0 Å². The zero-order valence-electron chi connectivity index (χ0n) is 9.83. The number of anilines is 1. The molecule has 0 saturated carbocycles. The minimum absolute atomic E-state index is 0.0245. The summed E-state index contributed by atoms with van der Waals surface area (Å²) in [6.45, 7) is 1.27. The number of aliphatic hydroxyl groups excluding tert-OH is 2. The Morgan fingerprint density at radius 1 is 1.44 bits per heavy atom. The smallest absolute Gasteiger partial charge is 0.238 e. The van der Waals surface area contributed by atoms with Crippen LogP contribution >= 0.6 is 11.8 Å². The van der Waals surface area contributed by atoms with Gasteiger partial charge in [0.1, 0.15) is 0 Å². The Hall–Kier alpha value is -0.800. The molecule has 0 fully saturated rings. The number of primary sulfonamides is 1. The van der Waals surface area contributed by atoms with E-state index in [1.807, 2.05) is 0 Å². The molecule has 0 heterocycles. The van der Waals surface area contributed by atoms with Gasteiger partial charge in [-0.25, -0.2) is 13.6 Å². The number of nitrogen functional groups attached to an aromatic ring is 1. The largest absolute Gasteiger partial charge is 0.399 e. The number of rotatable bonds is 5. The molecule has 0 aromatic heterocycles. The van der Waals surface area contributed by atoms with Crippen LogP contribution in [0.5, 0.6) is 0 Å². The van der Waals surface area contributed by atoms with Crippen molar-refractivity contribution < 1.29 is 18.6 Å². The average Bonchev–Trinajstić information content (AvgIpc) is 2.27. The molecule has 1 aromatic rings. The third-order valence-electron chi connectivity index (χ3n) is 2.28. The molecule has 1 unspecified atom stereocenters. The molecule has 0 radical (unpaired) electrons. The third-order valence-corrected chi connectivity index (χ3v) is 4.61. The molecule has 102 valence electrons. The van der Waals surface area contributed by atoms with Crippen molar-refractivity contribution >= 4 is 27.5 Å². The van der Waals surface area contributed by atoms with Gasteiger partial charge in [-0.15, -0.1) is 11.8 Å². The van der Waals surface area contributed by atoms with Crippen molar-refractivity contribution in [3.8, 4) is 0 Å². The van der Waals surface area contributed by atoms with E-state index in [1.54, 1.807) is 13.0 Å². The summed E-state index contributed by atoms with van der Waals surface area (Å²) in [7, 11) is -3.83. The monoisotopic (exact) mass is 292 g/mol. The van der Waals surface area contributed by atoms with Crippen molar-refractivity contribution in [3.05, 3.63) is 17.7 Å². The maximum atomic E-state index is 11.4. The van der Waals surface area contributed by atoms with Crippen LogP contribution in [0.4, 0.5) is 5.69 Å². The molecular weight excluding hydrogens is 276 g/mol. The highest BCUT2D eigenvalue weighted by Crippen LogP contribution is 2.30. The van der Waals surface area contributed by atoms with E-state index in [0.717, 1.165) is 0 Å². The molecule has 6 N–H and O–H groups in total. The van der Waals surface area contributed by atoms with Gasteiger partial charge in [0.25, 0.3) is 0 Å². The van der Waals surface area contributed by atoms with Crippen molar-refractivity contribution in [1.82, 2.24) is 0 Å². The van der Waals surface area contributed by atoms with E-state index in [1.165, 1.54) is 17.8 Å². The maximum Gasteiger partial charge on any atom is 0.238 e. The first kappa shape index (κ1) is 15.3. The van der Waals surface area contributed by atoms with E-state index < -0.39 is 16.1 Å². The van der Waals surface area contributed by atoms with Gasteiger partial charge in [0.15, 0.2) is 0 Å². The fourth-order valence-electron chi connectivity index (χ4n) is 1.37. The summed E-state index contributed by atoms with van der Waals surface area (Å²) in [6.07, 6.45) is -0.867. The van der Waals surface area contributed by atoms with Crippen molar-refractivity contribution in [2.24, 2.45) is 5.14 Å². The summed E-state index contributed by atoms with van der Waals surface area (Å²) in [5, 5.41) is 23.1. The van der Waals surface area contributed by atoms with Crippen LogP contribution < -0.4 is 10.9 Å². The van der Waals surface area contributed by atoms with Crippen LogP contribution in [0, 0.1) is 6.92 Å². The van der Waals surface area contributed by atoms with Crippen LogP contribution in [0.3, 0.4) is 0 Å². The van der Waals surface area contributed by atoms with E-state index in [4.69, 9.17) is 16.0 Å². The lowest BCUT2D eigenvalue weighted by Crippen LogP contribution is -2.16. The van der Waals surface area contributed by atoms with Crippen molar-refractivity contribution in [1.29, 1.82) is 0 Å². The van der Waals surface area contributed by atoms with Gasteiger partial charge in [0.2, 0.25) is 10.0 Å². The number of hydrogen-bond donors (Lipinski definition) is 4. The molecule has 0 aliphatic heterocycles. The molecule has 0 aliphatic rings. The Morgan fingerprint density at radius 3 is 2.56 bits per heavy atom. The molecule has 1 aromatic carbocycles. The second kappa shape index (κ2) is 5.89. The molecule has 1 rings (SSSR count). The summed E-state index contributed by atoms with van der Waals surface area (Å²) < 4.78 is 22.8. The van der Waals surface area contributed by atoms with Crippen molar-refractivity contribution in [2.75, 3.05) is 18.1 Å². The minimum Gasteiger partial charge on any atom is -0.399 e. The number of aliphatic hydroxyl groups is 2. The number of hydrogen-bond acceptors (Lipinski definition) is 6. The van der Waals surface area contributed by atoms with Gasteiger partial charge in [-0.1, -0.05) is 0 Å². The Bertz CT molecular complexity index is 531. The SMILES string of the molecule is Cc1c(SCC(O)CO)cc(N)cc1S(N)(=O)=O. The second-order valence-electron chi connectivity index (χ2n) is 3.83. The summed E-state index contributed by atoms with van der Waals surface area (Å²) in [5.74, 6) is 0.241. The summed E-state index contributed by atoms with van der Waals surface area (Å²) >= 11 is 1.21. The van der Waals surface area contributed by atoms with E-state index >= 15 is 0 Å². The normalized spacial score (nSPS) is 13.6. The molecule has 8 heteroatoms. The van der Waals surface area contributed by atoms with Crippen LogP contribution in [0.15, 0.2) is 21.9 Å². The third kappa shape index (κ3) is 3.85. The first-order chi connectivity index (χ1) is 8.25. The highest BCUT2D eigenvalue weighted by atomic mass is 32.2. The molecular formula is C10H16N2O4S2. The lowest BCUT2D eigenvalue weighted by atomic mass is 10.2. The molecule has 0 amide bonds. The Morgan fingerprint density at radius 2 is 2.06 bits per heavy atom. The minimum atomic E-state index is -3.83. The van der Waals surface area contributed by atoms with Crippen molar-refractivity contribution in [3.63, 3.8) is 0 Å². The first-order valence-corrected chi connectivity index (χ1v) is 7.63. The second-order valence-corrected chi connectivity index (χ2v) is 6.43. The van der Waals surface area contributed by atoms with Gasteiger partial charge in [0, 0.05) is 16.3 Å². The van der Waals surface area contributed by atoms with Crippen LogP contribution in [-0.4, -0.2) is 37.1 Å². The molecule has 6 nitrogen and oxygen atoms in total. The maximum absolute atomic E-state index is 11.4. The topological polar surface area (TPSA) is 127 Å². The zero-order valence-corrected chi connectivity index (χ0v) is 11.5. The van der Waals surface area contributed by atoms with Crippen LogP contribution in [0.1, 0.15) is 5.56 Å². The summed E-state index contributed by atoms with van der Waals surface area (Å²) in [6, 6.07) is 2.91. The standard InChI is InChI=1S/C10H16N2O4S2/c1-6-9(17-5-8(14)4-13)2-7(11)3-10(6)18(12,15)16/h2-3,8,13-14H,4-5,11H2,1H3,(H2,12,15,16). The lowest BCUT2D eigenvalue weighted by Gasteiger charge is -2.12. The van der Waals surface area contributed by atoms with Gasteiger partial charge in [-0.05, 0) is 24.6 Å². The van der Waals surface area contributed by atoms with Crippen molar-refractivity contribution in [2.45, 2.75) is 22.8 Å². The Labute approximate surface area is 110 Å². The highest BCUT2D eigenvalue weighted by molar-refractivity contribution is 7.99. The quantitative estimate of drug-likeness (QED) is 0.435. The fourth-order valence-corrected chi connectivity index (χ4v) is 3.29. The predicted molar refractivity (Wildman–Crippen MR) is 70.8 cm³/mol. The number of benzene rings is 1. The number of nitrogens with two attached hydrogens (primary N) is 2. The molecule has 18 heavy (non-hydrogen) atoms. The molecule has 1 atom stereocenters. The molecule has 0 spiro atoms. The predicted octanol–water partition coefficient (Wildman–Crippen LogP) is -0.330. The van der Waals surface area contributed by atoms with E-state index in [0.29, 0.717) is 10.5 Å². The highest BCUT2D eigenvalue weighted by Gasteiger charge is 2.16. The lowest BCUT2D eigenvalue weighted by molar-refractivity contribution is 0.113. The van der Waals surface area contributed by atoms with Gasteiger partial charge in [0.05, 0.1) is 17.6 Å². The number of sulfonamides is 1. The zero-order chi connectivity index (χ0) is 13.9. The van der Waals surface area contributed by atoms with E-state index in [2.05, 4.69) is 0 Å². The Balaban J connectivity index is 3.10. The molecule has 0 saturated heterocycles. The summed E-state index contributed by atoms with van der Waals surface area (Å²) in [4.78, 5) is 0.593. The summed E-state index contributed by atoms with van der Waals surface area (Å²) in [5.41, 5.74) is 6.39. The van der Waals surface area contributed by atoms with E-state index in [9.17, 15) is 13.5 Å².